The summed E-state index contributed by atoms with van der Waals surface area (Å²) in [7, 11) is 2.01. The smallest absolute Gasteiger partial charge is 0.371 e. The van der Waals surface area contributed by atoms with Crippen LogP contribution in [0, 0.1) is 17.5 Å². The van der Waals surface area contributed by atoms with Crippen molar-refractivity contribution in [2.24, 2.45) is 0 Å². The van der Waals surface area contributed by atoms with Crippen molar-refractivity contribution in [2.45, 2.75) is 49.8 Å². The lowest BCUT2D eigenvalue weighted by Crippen LogP contribution is -2.67. The summed E-state index contributed by atoms with van der Waals surface area (Å²) in [5, 5.41) is -0.778. The molecule has 2 unspecified atom stereocenters. The van der Waals surface area contributed by atoms with Crippen LogP contribution in [0.5, 0.6) is 0 Å². The van der Waals surface area contributed by atoms with Gasteiger partial charge in [0.25, 0.3) is 0 Å². The Balaban J connectivity index is 2.61. The summed E-state index contributed by atoms with van der Waals surface area (Å²) in [6, 6.07) is 2.89. The normalized spacial score (nSPS) is 26.5. The maximum Gasteiger partial charge on any atom is 0.371 e. The van der Waals surface area contributed by atoms with E-state index in [0.717, 1.165) is 31.0 Å². The SMILES string of the molecule is CCCC1(OC)C(c2cc(F)c(F)c(F)c2)CCC[Si]1(OC)OC. The van der Waals surface area contributed by atoms with Gasteiger partial charge in [0.05, 0.1) is 0 Å². The lowest BCUT2D eigenvalue weighted by molar-refractivity contribution is -0.0304. The number of hydrogen-bond donors (Lipinski definition) is 0. The minimum absolute atomic E-state index is 0.313. The maximum atomic E-state index is 13.8. The molecule has 3 nitrogen and oxygen atoms in total. The van der Waals surface area contributed by atoms with Gasteiger partial charge >= 0.3 is 8.56 Å². The zero-order valence-corrected chi connectivity index (χ0v) is 15.6. The van der Waals surface area contributed by atoms with Crippen LogP contribution >= 0.6 is 0 Å². The second-order valence-electron chi connectivity index (χ2n) is 6.25. The molecule has 0 radical (unpaired) electrons. The summed E-state index contributed by atoms with van der Waals surface area (Å²) < 4.78 is 58.6. The largest absolute Gasteiger partial charge is 0.396 e. The van der Waals surface area contributed by atoms with E-state index in [-0.39, 0.29) is 5.92 Å². The van der Waals surface area contributed by atoms with Crippen LogP contribution in [0.25, 0.3) is 0 Å². The van der Waals surface area contributed by atoms with Gasteiger partial charge in [0.1, 0.15) is 5.22 Å². The van der Waals surface area contributed by atoms with Gasteiger partial charge in [-0.25, -0.2) is 13.2 Å². The lowest BCUT2D eigenvalue weighted by atomic mass is 9.85. The first-order chi connectivity index (χ1) is 11.4. The summed E-state index contributed by atoms with van der Waals surface area (Å²) in [6.07, 6.45) is 2.93. The van der Waals surface area contributed by atoms with Gasteiger partial charge in [0.15, 0.2) is 17.5 Å². The Kier molecular flexibility index (Phi) is 6.12. The first-order valence-corrected chi connectivity index (χ1v) is 10.2. The number of halogens is 3. The van der Waals surface area contributed by atoms with E-state index in [2.05, 4.69) is 0 Å². The molecular weight excluding hydrogens is 337 g/mol. The molecule has 0 N–H and O–H groups in total. The Morgan fingerprint density at radius 2 is 1.71 bits per heavy atom. The third kappa shape index (κ3) is 2.91. The maximum absolute atomic E-state index is 13.8. The summed E-state index contributed by atoms with van der Waals surface area (Å²) in [6.45, 7) is 2.02. The minimum atomic E-state index is -2.79. The van der Waals surface area contributed by atoms with Gasteiger partial charge in [-0.15, -0.1) is 0 Å². The van der Waals surface area contributed by atoms with Crippen LogP contribution < -0.4 is 0 Å². The van der Waals surface area contributed by atoms with Crippen molar-refractivity contribution in [3.8, 4) is 0 Å². The Labute approximate surface area is 142 Å². The lowest BCUT2D eigenvalue weighted by Gasteiger charge is -2.52. The zero-order chi connectivity index (χ0) is 18.0. The topological polar surface area (TPSA) is 27.7 Å². The van der Waals surface area contributed by atoms with E-state index in [0.29, 0.717) is 18.4 Å². The van der Waals surface area contributed by atoms with Crippen LogP contribution in [0.3, 0.4) is 0 Å². The molecule has 0 aromatic heterocycles. The first-order valence-electron chi connectivity index (χ1n) is 8.21. The molecule has 1 aliphatic rings. The predicted molar refractivity (Wildman–Crippen MR) is 87.5 cm³/mol. The number of benzene rings is 1. The molecule has 2 atom stereocenters. The van der Waals surface area contributed by atoms with Crippen LogP contribution in [-0.4, -0.2) is 35.1 Å². The van der Waals surface area contributed by atoms with Crippen LogP contribution in [0.4, 0.5) is 13.2 Å². The van der Waals surface area contributed by atoms with Crippen molar-refractivity contribution in [2.75, 3.05) is 21.3 Å². The fourth-order valence-corrected chi connectivity index (χ4v) is 8.37. The predicted octanol–water partition coefficient (Wildman–Crippen LogP) is 4.44. The molecule has 1 aliphatic heterocycles. The van der Waals surface area contributed by atoms with Crippen molar-refractivity contribution in [3.63, 3.8) is 0 Å². The molecule has 0 saturated carbocycles. The average Bonchev–Trinajstić information content (AvgIpc) is 2.59. The van der Waals surface area contributed by atoms with E-state index in [9.17, 15) is 13.2 Å². The molecule has 136 valence electrons. The van der Waals surface area contributed by atoms with Crippen LogP contribution in [0.2, 0.25) is 6.04 Å². The Bertz CT molecular complexity index is 557. The second-order valence-corrected chi connectivity index (χ2v) is 9.92. The van der Waals surface area contributed by atoms with Gasteiger partial charge < -0.3 is 13.6 Å². The Morgan fingerprint density at radius 1 is 1.12 bits per heavy atom. The van der Waals surface area contributed by atoms with Gasteiger partial charge in [0, 0.05) is 27.2 Å². The fourth-order valence-electron chi connectivity index (χ4n) is 4.23. The molecule has 1 saturated heterocycles. The van der Waals surface area contributed by atoms with Crippen molar-refractivity contribution in [1.29, 1.82) is 0 Å². The molecule has 0 amide bonds. The van der Waals surface area contributed by atoms with E-state index < -0.39 is 31.2 Å². The second kappa shape index (κ2) is 7.55. The molecule has 0 spiro atoms. The molecule has 0 bridgehead atoms. The first kappa shape index (κ1) is 19.4. The van der Waals surface area contributed by atoms with Gasteiger partial charge in [-0.05, 0) is 36.6 Å². The van der Waals surface area contributed by atoms with E-state index in [1.165, 1.54) is 0 Å². The molecule has 24 heavy (non-hydrogen) atoms. The number of rotatable bonds is 6. The van der Waals surface area contributed by atoms with Gasteiger partial charge in [0.2, 0.25) is 0 Å². The molecule has 1 fully saturated rings. The van der Waals surface area contributed by atoms with E-state index >= 15 is 0 Å². The van der Waals surface area contributed by atoms with Crippen molar-refractivity contribution in [3.05, 3.63) is 35.1 Å². The third-order valence-corrected chi connectivity index (χ3v) is 9.68. The van der Waals surface area contributed by atoms with E-state index in [1.54, 1.807) is 21.3 Å². The van der Waals surface area contributed by atoms with Crippen LogP contribution in [-0.2, 0) is 13.6 Å². The van der Waals surface area contributed by atoms with E-state index in [4.69, 9.17) is 13.6 Å². The molecule has 7 heteroatoms. The fraction of sp³-hybridized carbons (Fsp3) is 0.647. The third-order valence-electron chi connectivity index (χ3n) is 5.26. The van der Waals surface area contributed by atoms with Crippen molar-refractivity contribution in [1.82, 2.24) is 0 Å². The molecule has 1 heterocycles. The molecule has 2 rings (SSSR count). The van der Waals surface area contributed by atoms with Crippen molar-refractivity contribution < 1.29 is 26.8 Å². The molecule has 1 aromatic carbocycles. The highest BCUT2D eigenvalue weighted by atomic mass is 28.4. The summed E-state index contributed by atoms with van der Waals surface area (Å²) in [5.74, 6) is -4.12. The van der Waals surface area contributed by atoms with Gasteiger partial charge in [-0.2, -0.15) is 0 Å². The van der Waals surface area contributed by atoms with E-state index in [1.807, 2.05) is 6.92 Å². The summed E-state index contributed by atoms with van der Waals surface area (Å²) in [5.41, 5.74) is 0.396. The van der Waals surface area contributed by atoms with Crippen LogP contribution in [0.1, 0.15) is 44.1 Å². The zero-order valence-electron chi connectivity index (χ0n) is 14.6. The highest BCUT2D eigenvalue weighted by molar-refractivity contribution is 6.71. The quantitative estimate of drug-likeness (QED) is 0.553. The standard InChI is InChI=1S/C17H25F3O3Si/c1-5-8-17(21-2)13(7-6-9-24(17,22-3)23-4)12-10-14(18)16(20)15(19)11-12/h10-11,13H,5-9H2,1-4H3. The summed E-state index contributed by atoms with van der Waals surface area (Å²) >= 11 is 0. The Hall–Kier alpha value is -0.893. The number of hydrogen-bond acceptors (Lipinski definition) is 3. The molecule has 1 aromatic rings. The Morgan fingerprint density at radius 3 is 2.17 bits per heavy atom. The average molecular weight is 362 g/mol. The van der Waals surface area contributed by atoms with Gasteiger partial charge in [-0.1, -0.05) is 19.8 Å². The van der Waals surface area contributed by atoms with Gasteiger partial charge in [-0.3, -0.25) is 0 Å². The number of ether oxygens (including phenoxy) is 1. The minimum Gasteiger partial charge on any atom is -0.396 e. The highest BCUT2D eigenvalue weighted by Crippen LogP contribution is 2.51. The molecule has 0 aliphatic carbocycles. The monoisotopic (exact) mass is 362 g/mol. The van der Waals surface area contributed by atoms with Crippen molar-refractivity contribution >= 4 is 8.56 Å². The highest BCUT2D eigenvalue weighted by Gasteiger charge is 2.63. The van der Waals surface area contributed by atoms with Crippen LogP contribution in [0.15, 0.2) is 12.1 Å². The number of methoxy groups -OCH3 is 1. The summed E-state index contributed by atoms with van der Waals surface area (Å²) in [4.78, 5) is 0. The molecular formula is C17H25F3O3Si.